The molecule has 0 unspecified atom stereocenters. The van der Waals surface area contributed by atoms with Gasteiger partial charge in [-0.25, -0.2) is 0 Å². The summed E-state index contributed by atoms with van der Waals surface area (Å²) < 4.78 is 16.8. The first kappa shape index (κ1) is 58.4. The van der Waals surface area contributed by atoms with Crippen LogP contribution in [0.25, 0.3) is 0 Å². The van der Waals surface area contributed by atoms with Crippen molar-refractivity contribution in [2.24, 2.45) is 17.8 Å². The quantitative estimate of drug-likeness (QED) is 0.0345. The highest BCUT2D eigenvalue weighted by Gasteiger charge is 2.19. The van der Waals surface area contributed by atoms with E-state index in [1.165, 1.54) is 173 Å². The van der Waals surface area contributed by atoms with Crippen molar-refractivity contribution in [1.29, 1.82) is 0 Å². The van der Waals surface area contributed by atoms with E-state index in [4.69, 9.17) is 14.2 Å². The van der Waals surface area contributed by atoms with Crippen LogP contribution in [-0.4, -0.2) is 37.2 Å². The molecule has 6 heteroatoms. The van der Waals surface area contributed by atoms with Gasteiger partial charge in [-0.15, -0.1) is 0 Å². The highest BCUT2D eigenvalue weighted by atomic mass is 16.6. The maximum atomic E-state index is 12.8. The fourth-order valence-electron chi connectivity index (χ4n) is 8.12. The number of hydrogen-bond acceptors (Lipinski definition) is 6. The van der Waals surface area contributed by atoms with E-state index in [2.05, 4.69) is 41.5 Å². The molecule has 6 nitrogen and oxygen atoms in total. The third kappa shape index (κ3) is 47.5. The molecule has 0 fully saturated rings. The van der Waals surface area contributed by atoms with Gasteiger partial charge in [0.1, 0.15) is 13.2 Å². The monoisotopic (exact) mass is 849 g/mol. The number of esters is 3. The van der Waals surface area contributed by atoms with Crippen molar-refractivity contribution in [2.45, 2.75) is 298 Å². The molecule has 0 rings (SSSR count). The number of hydrogen-bond donors (Lipinski definition) is 0. The summed E-state index contributed by atoms with van der Waals surface area (Å²) in [5.74, 6) is 1.62. The summed E-state index contributed by atoms with van der Waals surface area (Å²) in [6.45, 7) is 13.7. The molecule has 0 aromatic rings. The Morgan fingerprint density at radius 2 is 0.483 bits per heavy atom. The number of carbonyl (C=O) groups is 3. The molecule has 1 atom stereocenters. The van der Waals surface area contributed by atoms with E-state index in [0.29, 0.717) is 19.3 Å². The molecule has 0 aliphatic rings. The third-order valence-electron chi connectivity index (χ3n) is 12.1. The Morgan fingerprint density at radius 3 is 0.717 bits per heavy atom. The lowest BCUT2D eigenvalue weighted by Crippen LogP contribution is -2.30. The molecular weight excluding hydrogens is 745 g/mol. The van der Waals surface area contributed by atoms with Crippen LogP contribution in [0.15, 0.2) is 0 Å². The van der Waals surface area contributed by atoms with Gasteiger partial charge in [0.05, 0.1) is 0 Å². The lowest BCUT2D eigenvalue weighted by molar-refractivity contribution is -0.167. The summed E-state index contributed by atoms with van der Waals surface area (Å²) in [5, 5.41) is 0. The summed E-state index contributed by atoms with van der Waals surface area (Å²) in [7, 11) is 0. The Hall–Kier alpha value is -1.59. The average Bonchev–Trinajstić information content (AvgIpc) is 3.20. The van der Waals surface area contributed by atoms with E-state index in [-0.39, 0.29) is 31.1 Å². The predicted molar refractivity (Wildman–Crippen MR) is 256 cm³/mol. The van der Waals surface area contributed by atoms with Crippen LogP contribution in [0.5, 0.6) is 0 Å². The fraction of sp³-hybridized carbons (Fsp3) is 0.944. The smallest absolute Gasteiger partial charge is 0.306 e. The first-order valence-electron chi connectivity index (χ1n) is 26.6. The van der Waals surface area contributed by atoms with Crippen molar-refractivity contribution in [2.75, 3.05) is 13.2 Å². The summed E-state index contributed by atoms with van der Waals surface area (Å²) in [6, 6.07) is 0. The molecule has 0 aromatic heterocycles. The highest BCUT2D eigenvalue weighted by Crippen LogP contribution is 2.18. The zero-order valence-electron chi connectivity index (χ0n) is 41.3. The van der Waals surface area contributed by atoms with E-state index in [1.54, 1.807) is 0 Å². The second-order valence-corrected chi connectivity index (χ2v) is 19.9. The van der Waals surface area contributed by atoms with Crippen molar-refractivity contribution < 1.29 is 28.6 Å². The van der Waals surface area contributed by atoms with Crippen molar-refractivity contribution in [1.82, 2.24) is 0 Å². The van der Waals surface area contributed by atoms with Gasteiger partial charge in [0.15, 0.2) is 6.10 Å². The average molecular weight is 849 g/mol. The Kier molecular flexibility index (Phi) is 44.2. The van der Waals surface area contributed by atoms with Crippen LogP contribution < -0.4 is 0 Å². The van der Waals surface area contributed by atoms with E-state index in [0.717, 1.165) is 75.5 Å². The van der Waals surface area contributed by atoms with Gasteiger partial charge in [-0.3, -0.25) is 14.4 Å². The molecule has 0 bridgehead atoms. The minimum Gasteiger partial charge on any atom is -0.462 e. The minimum atomic E-state index is -0.763. The lowest BCUT2D eigenvalue weighted by atomic mass is 10.0. The Balaban J connectivity index is 4.31. The van der Waals surface area contributed by atoms with Crippen LogP contribution in [0.3, 0.4) is 0 Å². The molecule has 0 radical (unpaired) electrons. The zero-order chi connectivity index (χ0) is 44.2. The maximum absolute atomic E-state index is 12.8. The van der Waals surface area contributed by atoms with E-state index < -0.39 is 6.10 Å². The second-order valence-electron chi connectivity index (χ2n) is 19.9. The maximum Gasteiger partial charge on any atom is 0.306 e. The Bertz CT molecular complexity index is 929. The third-order valence-corrected chi connectivity index (χ3v) is 12.1. The van der Waals surface area contributed by atoms with Crippen LogP contribution in [0.1, 0.15) is 292 Å². The van der Waals surface area contributed by atoms with Gasteiger partial charge in [-0.05, 0) is 37.0 Å². The van der Waals surface area contributed by atoms with Crippen LogP contribution in [-0.2, 0) is 28.6 Å². The van der Waals surface area contributed by atoms with Crippen molar-refractivity contribution in [3.8, 4) is 0 Å². The molecule has 60 heavy (non-hydrogen) atoms. The number of rotatable bonds is 47. The first-order valence-corrected chi connectivity index (χ1v) is 26.6. The molecule has 0 amide bonds. The van der Waals surface area contributed by atoms with Gasteiger partial charge in [0.25, 0.3) is 0 Å². The molecule has 0 saturated heterocycles. The topological polar surface area (TPSA) is 78.9 Å². The van der Waals surface area contributed by atoms with E-state index >= 15 is 0 Å². The highest BCUT2D eigenvalue weighted by molar-refractivity contribution is 5.71. The first-order chi connectivity index (χ1) is 29.1. The van der Waals surface area contributed by atoms with E-state index in [1.807, 2.05) is 0 Å². The molecule has 0 spiro atoms. The number of ether oxygens (including phenoxy) is 3. The van der Waals surface area contributed by atoms with Crippen LogP contribution in [0, 0.1) is 17.8 Å². The lowest BCUT2D eigenvalue weighted by Gasteiger charge is -2.18. The summed E-state index contributed by atoms with van der Waals surface area (Å²) in [5.41, 5.74) is 0. The molecule has 0 heterocycles. The summed E-state index contributed by atoms with van der Waals surface area (Å²) in [6.07, 6.45) is 45.2. The SMILES string of the molecule is CC(C)CCCCCCCCCCCCCCCC(=O)OC[C@@H](COC(=O)CCCCCCCCCCCC(C)C)OC(=O)CCCCCCCCCCCCCC(C)C. The molecule has 0 aromatic carbocycles. The Labute approximate surface area is 374 Å². The van der Waals surface area contributed by atoms with Gasteiger partial charge in [-0.2, -0.15) is 0 Å². The van der Waals surface area contributed by atoms with Gasteiger partial charge >= 0.3 is 17.9 Å². The summed E-state index contributed by atoms with van der Waals surface area (Å²) >= 11 is 0. The molecule has 0 aliphatic heterocycles. The molecule has 356 valence electrons. The standard InChI is InChI=1S/C54H104O6/c1-48(2)40-34-28-22-16-11-8-7-9-13-19-25-31-37-43-52(55)58-46-51(47-59-53(56)44-38-32-26-21-15-18-24-30-36-42-50(5)6)60-54(57)45-39-33-27-20-14-10-12-17-23-29-35-41-49(3)4/h48-51H,7-47H2,1-6H3/t51-/m0/s1. The predicted octanol–water partition coefficient (Wildman–Crippen LogP) is 17.2. The molecular formula is C54H104O6. The molecule has 0 N–H and O–H groups in total. The molecule has 0 aliphatic carbocycles. The van der Waals surface area contributed by atoms with Crippen LogP contribution >= 0.6 is 0 Å². The van der Waals surface area contributed by atoms with Gasteiger partial charge in [-0.1, -0.05) is 253 Å². The largest absolute Gasteiger partial charge is 0.462 e. The van der Waals surface area contributed by atoms with Gasteiger partial charge < -0.3 is 14.2 Å². The zero-order valence-corrected chi connectivity index (χ0v) is 41.3. The summed E-state index contributed by atoms with van der Waals surface area (Å²) in [4.78, 5) is 38.0. The van der Waals surface area contributed by atoms with Gasteiger partial charge in [0, 0.05) is 19.3 Å². The number of unbranched alkanes of at least 4 members (excludes halogenated alkanes) is 30. The molecule has 0 saturated carbocycles. The van der Waals surface area contributed by atoms with Crippen molar-refractivity contribution in [3.05, 3.63) is 0 Å². The van der Waals surface area contributed by atoms with Gasteiger partial charge in [0.2, 0.25) is 0 Å². The second kappa shape index (κ2) is 45.4. The number of carbonyl (C=O) groups excluding carboxylic acids is 3. The fourth-order valence-corrected chi connectivity index (χ4v) is 8.12. The normalized spacial score (nSPS) is 12.2. The van der Waals surface area contributed by atoms with Crippen molar-refractivity contribution >= 4 is 17.9 Å². The minimum absolute atomic E-state index is 0.0645. The van der Waals surface area contributed by atoms with Crippen LogP contribution in [0.4, 0.5) is 0 Å². The van der Waals surface area contributed by atoms with Crippen LogP contribution in [0.2, 0.25) is 0 Å². The van der Waals surface area contributed by atoms with E-state index in [9.17, 15) is 14.4 Å². The Morgan fingerprint density at radius 1 is 0.283 bits per heavy atom. The van der Waals surface area contributed by atoms with Crippen molar-refractivity contribution in [3.63, 3.8) is 0 Å².